The van der Waals surface area contributed by atoms with Gasteiger partial charge in [0.2, 0.25) is 0 Å². The van der Waals surface area contributed by atoms with Crippen molar-refractivity contribution < 1.29 is 9.53 Å². The Morgan fingerprint density at radius 3 is 2.71 bits per heavy atom. The summed E-state index contributed by atoms with van der Waals surface area (Å²) >= 11 is 0. The summed E-state index contributed by atoms with van der Waals surface area (Å²) in [6.45, 7) is 9.95. The molecule has 0 amide bonds. The van der Waals surface area contributed by atoms with Crippen LogP contribution in [0.2, 0.25) is 0 Å². The van der Waals surface area contributed by atoms with Crippen LogP contribution in [0.25, 0.3) is 0 Å². The van der Waals surface area contributed by atoms with Gasteiger partial charge in [-0.1, -0.05) is 26.2 Å². The number of hydrogen-bond acceptors (Lipinski definition) is 5. The van der Waals surface area contributed by atoms with Crippen LogP contribution in [-0.4, -0.2) is 55.2 Å². The molecule has 0 spiro atoms. The molecule has 0 unspecified atom stereocenters. The molecule has 1 aromatic heterocycles. The molecule has 0 N–H and O–H groups in total. The maximum Gasteiger partial charge on any atom is 0.339 e. The number of rotatable bonds is 8. The van der Waals surface area contributed by atoms with Gasteiger partial charge in [0.15, 0.2) is 0 Å². The Kier molecular flexibility index (Phi) is 8.02. The zero-order chi connectivity index (χ0) is 17.2. The number of hydrogen-bond donors (Lipinski definition) is 0. The molecule has 1 aliphatic heterocycles. The van der Waals surface area contributed by atoms with Crippen LogP contribution in [-0.2, 0) is 4.74 Å². The first kappa shape index (κ1) is 18.7. The van der Waals surface area contributed by atoms with Crippen LogP contribution in [0, 0.1) is 0 Å². The lowest BCUT2D eigenvalue weighted by atomic mass is 10.2. The van der Waals surface area contributed by atoms with Crippen molar-refractivity contribution in [2.75, 3.05) is 44.2 Å². The number of unbranched alkanes of at least 4 members (excludes halogenated alkanes) is 3. The summed E-state index contributed by atoms with van der Waals surface area (Å²) in [6.07, 6.45) is 8.07. The Morgan fingerprint density at radius 2 is 2.00 bits per heavy atom. The molecule has 0 aromatic carbocycles. The van der Waals surface area contributed by atoms with Crippen LogP contribution < -0.4 is 4.90 Å². The molecule has 0 saturated carbocycles. The highest BCUT2D eigenvalue weighted by Gasteiger charge is 2.16. The second-order valence-corrected chi connectivity index (χ2v) is 6.37. The minimum atomic E-state index is -0.300. The number of nitrogens with zero attached hydrogens (tertiary/aromatic N) is 3. The Bertz CT molecular complexity index is 490. The summed E-state index contributed by atoms with van der Waals surface area (Å²) in [4.78, 5) is 21.1. The average molecular weight is 333 g/mol. The normalized spacial score (nSPS) is 16.0. The molecule has 0 bridgehead atoms. The van der Waals surface area contributed by atoms with E-state index >= 15 is 0 Å². The number of carbonyl (C=O) groups excluding carboxylic acids is 1. The Hall–Kier alpha value is -1.62. The third-order valence-electron chi connectivity index (χ3n) is 4.50. The van der Waals surface area contributed by atoms with Gasteiger partial charge in [0.25, 0.3) is 0 Å². The van der Waals surface area contributed by atoms with E-state index in [1.54, 1.807) is 6.20 Å². The number of esters is 1. The van der Waals surface area contributed by atoms with Gasteiger partial charge in [-0.15, -0.1) is 0 Å². The third-order valence-corrected chi connectivity index (χ3v) is 4.50. The number of carbonyl (C=O) groups is 1. The maximum absolute atomic E-state index is 11.7. The molecule has 2 heterocycles. The molecule has 5 heteroatoms. The third kappa shape index (κ3) is 5.78. The SMILES string of the molecule is CCCCCCN1CCCN(c2ccc(C(=O)OCC)cn2)CC1. The summed E-state index contributed by atoms with van der Waals surface area (Å²) in [7, 11) is 0. The summed E-state index contributed by atoms with van der Waals surface area (Å²) in [5.74, 6) is 0.654. The van der Waals surface area contributed by atoms with Gasteiger partial charge in [-0.05, 0) is 45.0 Å². The van der Waals surface area contributed by atoms with Crippen LogP contribution in [0.1, 0.15) is 56.3 Å². The predicted octanol–water partition coefficient (Wildman–Crippen LogP) is 3.35. The first-order chi connectivity index (χ1) is 11.7. The molecular formula is C19H31N3O2. The maximum atomic E-state index is 11.7. The van der Waals surface area contributed by atoms with Gasteiger partial charge in [-0.25, -0.2) is 9.78 Å². The molecule has 1 aliphatic rings. The van der Waals surface area contributed by atoms with E-state index < -0.39 is 0 Å². The van der Waals surface area contributed by atoms with Gasteiger partial charge >= 0.3 is 5.97 Å². The summed E-state index contributed by atoms with van der Waals surface area (Å²) in [6, 6.07) is 3.75. The molecule has 5 nitrogen and oxygen atoms in total. The highest BCUT2D eigenvalue weighted by molar-refractivity contribution is 5.89. The van der Waals surface area contributed by atoms with Crippen LogP contribution in [0.4, 0.5) is 5.82 Å². The molecule has 0 aliphatic carbocycles. The van der Waals surface area contributed by atoms with Crippen LogP contribution in [0.15, 0.2) is 18.3 Å². The smallest absolute Gasteiger partial charge is 0.339 e. The first-order valence-corrected chi connectivity index (χ1v) is 9.35. The van der Waals surface area contributed by atoms with Crippen molar-refractivity contribution in [2.45, 2.75) is 46.0 Å². The van der Waals surface area contributed by atoms with Gasteiger partial charge in [0.05, 0.1) is 12.2 Å². The summed E-state index contributed by atoms with van der Waals surface area (Å²) in [5.41, 5.74) is 0.521. The largest absolute Gasteiger partial charge is 0.462 e. The fourth-order valence-corrected chi connectivity index (χ4v) is 3.09. The van der Waals surface area contributed by atoms with Crippen molar-refractivity contribution in [1.29, 1.82) is 0 Å². The molecule has 134 valence electrons. The lowest BCUT2D eigenvalue weighted by Gasteiger charge is -2.22. The average Bonchev–Trinajstić information content (AvgIpc) is 2.85. The zero-order valence-corrected chi connectivity index (χ0v) is 15.2. The van der Waals surface area contributed by atoms with Crippen LogP contribution in [0.3, 0.4) is 0 Å². The van der Waals surface area contributed by atoms with Crippen molar-refractivity contribution in [1.82, 2.24) is 9.88 Å². The van der Waals surface area contributed by atoms with E-state index in [4.69, 9.17) is 4.74 Å². The minimum absolute atomic E-state index is 0.300. The van der Waals surface area contributed by atoms with E-state index in [1.165, 1.54) is 38.8 Å². The van der Waals surface area contributed by atoms with Gasteiger partial charge in [0, 0.05) is 25.8 Å². The molecule has 2 rings (SSSR count). The number of ether oxygens (including phenoxy) is 1. The van der Waals surface area contributed by atoms with Crippen molar-refractivity contribution >= 4 is 11.8 Å². The Balaban J connectivity index is 1.83. The van der Waals surface area contributed by atoms with Crippen molar-refractivity contribution in [3.05, 3.63) is 23.9 Å². The minimum Gasteiger partial charge on any atom is -0.462 e. The quantitative estimate of drug-likeness (QED) is 0.539. The molecule has 1 fully saturated rings. The monoisotopic (exact) mass is 333 g/mol. The summed E-state index contributed by atoms with van der Waals surface area (Å²) in [5, 5.41) is 0. The van der Waals surface area contributed by atoms with E-state index in [2.05, 4.69) is 21.7 Å². The van der Waals surface area contributed by atoms with Crippen molar-refractivity contribution in [3.63, 3.8) is 0 Å². The summed E-state index contributed by atoms with van der Waals surface area (Å²) < 4.78 is 5.00. The first-order valence-electron chi connectivity index (χ1n) is 9.35. The fourth-order valence-electron chi connectivity index (χ4n) is 3.09. The standard InChI is InChI=1S/C19H31N3O2/c1-3-5-6-7-11-21-12-8-13-22(15-14-21)18-10-9-17(16-20-18)19(23)24-4-2/h9-10,16H,3-8,11-15H2,1-2H3. The molecule has 1 aromatic rings. The van der Waals surface area contributed by atoms with E-state index in [0.717, 1.165) is 31.9 Å². The van der Waals surface area contributed by atoms with Crippen LogP contribution in [0.5, 0.6) is 0 Å². The van der Waals surface area contributed by atoms with E-state index in [0.29, 0.717) is 12.2 Å². The number of aromatic nitrogens is 1. The lowest BCUT2D eigenvalue weighted by molar-refractivity contribution is 0.0526. The Morgan fingerprint density at radius 1 is 1.12 bits per heavy atom. The molecule has 0 atom stereocenters. The van der Waals surface area contributed by atoms with Crippen molar-refractivity contribution in [2.24, 2.45) is 0 Å². The molecule has 1 saturated heterocycles. The van der Waals surface area contributed by atoms with Gasteiger partial charge in [0.1, 0.15) is 5.82 Å². The fraction of sp³-hybridized carbons (Fsp3) is 0.684. The predicted molar refractivity (Wildman–Crippen MR) is 97.6 cm³/mol. The second-order valence-electron chi connectivity index (χ2n) is 6.37. The van der Waals surface area contributed by atoms with E-state index in [-0.39, 0.29) is 5.97 Å². The van der Waals surface area contributed by atoms with E-state index in [1.807, 2.05) is 19.1 Å². The highest BCUT2D eigenvalue weighted by Crippen LogP contribution is 2.15. The topological polar surface area (TPSA) is 45.7 Å². The highest BCUT2D eigenvalue weighted by atomic mass is 16.5. The van der Waals surface area contributed by atoms with E-state index in [9.17, 15) is 4.79 Å². The second kappa shape index (κ2) is 10.3. The number of pyridine rings is 1. The Labute approximate surface area is 146 Å². The van der Waals surface area contributed by atoms with Crippen LogP contribution >= 0.6 is 0 Å². The zero-order valence-electron chi connectivity index (χ0n) is 15.2. The van der Waals surface area contributed by atoms with Gasteiger partial charge in [-0.2, -0.15) is 0 Å². The lowest BCUT2D eigenvalue weighted by Crippen LogP contribution is -2.31. The van der Waals surface area contributed by atoms with Gasteiger partial charge < -0.3 is 14.5 Å². The van der Waals surface area contributed by atoms with Crippen molar-refractivity contribution in [3.8, 4) is 0 Å². The molecular weight excluding hydrogens is 302 g/mol. The van der Waals surface area contributed by atoms with Gasteiger partial charge in [-0.3, -0.25) is 0 Å². The molecule has 0 radical (unpaired) electrons. The number of anilines is 1. The molecule has 24 heavy (non-hydrogen) atoms.